The summed E-state index contributed by atoms with van der Waals surface area (Å²) in [5, 5.41) is 15.3. The normalized spacial score (nSPS) is 11.6. The second-order valence-electron chi connectivity index (χ2n) is 7.76. The zero-order chi connectivity index (χ0) is 22.1. The zero-order valence-corrected chi connectivity index (χ0v) is 17.7. The first-order valence-corrected chi connectivity index (χ1v) is 10.1. The van der Waals surface area contributed by atoms with Crippen molar-refractivity contribution < 1.29 is 19.4 Å². The van der Waals surface area contributed by atoms with Crippen LogP contribution in [0.4, 0.5) is 11.4 Å². The van der Waals surface area contributed by atoms with E-state index in [4.69, 9.17) is 4.74 Å². The summed E-state index contributed by atoms with van der Waals surface area (Å²) in [5.74, 6) is -0.582. The number of aryl methyl sites for hydroxylation is 4. The fraction of sp³-hybridized carbons (Fsp3) is 0.200. The fourth-order valence-corrected chi connectivity index (χ4v) is 3.68. The van der Waals surface area contributed by atoms with Crippen molar-refractivity contribution in [2.45, 2.75) is 26.7 Å². The Balaban J connectivity index is 1.60. The molecule has 0 fully saturated rings. The number of rotatable bonds is 5. The Labute approximate surface area is 180 Å². The number of hydrogen-bond donors (Lipinski definition) is 3. The Bertz CT molecular complexity index is 1200. The zero-order valence-electron chi connectivity index (χ0n) is 17.7. The first kappa shape index (κ1) is 20.5. The van der Waals surface area contributed by atoms with E-state index >= 15 is 0 Å². The highest BCUT2D eigenvalue weighted by Gasteiger charge is 2.25. The van der Waals surface area contributed by atoms with Gasteiger partial charge in [-0.3, -0.25) is 4.79 Å². The molecule has 1 aliphatic heterocycles. The number of benzene rings is 3. The van der Waals surface area contributed by atoms with Crippen LogP contribution in [0.25, 0.3) is 0 Å². The average Bonchev–Trinajstić information content (AvgIpc) is 2.76. The number of anilines is 2. The van der Waals surface area contributed by atoms with Gasteiger partial charge in [0.2, 0.25) is 0 Å². The number of aromatic carboxylic acids is 1. The third-order valence-corrected chi connectivity index (χ3v) is 5.62. The third kappa shape index (κ3) is 4.10. The predicted octanol–water partition coefficient (Wildman–Crippen LogP) is 5.00. The average molecular weight is 416 g/mol. The molecule has 0 bridgehead atoms. The number of carbonyl (C=O) groups excluding carboxylic acids is 1. The van der Waals surface area contributed by atoms with Crippen LogP contribution in [0.3, 0.4) is 0 Å². The minimum atomic E-state index is -1.13. The van der Waals surface area contributed by atoms with Gasteiger partial charge in [0, 0.05) is 12.6 Å². The standard InChI is InChI=1S/C25H24N2O4/c1-14-4-5-16(10-15(14)2)6-7-17-8-9-20-21(11-17)31-22-13-18(24(28)26-3)12-19(25(29)30)23(22)27-20/h4-5,8-13,27H,6-7H2,1-3H3,(H,26,28)(H,29,30). The van der Waals surface area contributed by atoms with Crippen molar-refractivity contribution in [1.29, 1.82) is 0 Å². The minimum Gasteiger partial charge on any atom is -0.478 e. The van der Waals surface area contributed by atoms with Crippen LogP contribution in [0.2, 0.25) is 0 Å². The van der Waals surface area contributed by atoms with Crippen LogP contribution in [-0.2, 0) is 12.8 Å². The summed E-state index contributed by atoms with van der Waals surface area (Å²) >= 11 is 0. The number of hydrogen-bond acceptors (Lipinski definition) is 4. The van der Waals surface area contributed by atoms with Gasteiger partial charge in [-0.15, -0.1) is 0 Å². The lowest BCUT2D eigenvalue weighted by atomic mass is 9.99. The summed E-state index contributed by atoms with van der Waals surface area (Å²) in [6, 6.07) is 15.3. The van der Waals surface area contributed by atoms with Crippen molar-refractivity contribution >= 4 is 23.3 Å². The summed E-state index contributed by atoms with van der Waals surface area (Å²) < 4.78 is 6.03. The summed E-state index contributed by atoms with van der Waals surface area (Å²) in [7, 11) is 1.50. The molecule has 0 saturated carbocycles. The Morgan fingerprint density at radius 3 is 2.32 bits per heavy atom. The Kier molecular flexibility index (Phi) is 5.38. The number of carbonyl (C=O) groups is 2. The van der Waals surface area contributed by atoms with Gasteiger partial charge in [-0.1, -0.05) is 24.3 Å². The number of amides is 1. The molecule has 0 aromatic heterocycles. The van der Waals surface area contributed by atoms with Crippen LogP contribution in [0.5, 0.6) is 11.5 Å². The van der Waals surface area contributed by atoms with Crippen LogP contribution in [0.15, 0.2) is 48.5 Å². The predicted molar refractivity (Wildman–Crippen MR) is 120 cm³/mol. The van der Waals surface area contributed by atoms with Gasteiger partial charge in [-0.05, 0) is 73.2 Å². The molecule has 3 aromatic rings. The van der Waals surface area contributed by atoms with Crippen molar-refractivity contribution in [2.75, 3.05) is 12.4 Å². The monoisotopic (exact) mass is 416 g/mol. The third-order valence-electron chi connectivity index (χ3n) is 5.62. The van der Waals surface area contributed by atoms with Crippen LogP contribution in [0.1, 0.15) is 43.0 Å². The molecule has 3 N–H and O–H groups in total. The quantitative estimate of drug-likeness (QED) is 0.426. The molecule has 158 valence electrons. The van der Waals surface area contributed by atoms with Crippen molar-refractivity contribution in [1.82, 2.24) is 5.32 Å². The van der Waals surface area contributed by atoms with E-state index in [-0.39, 0.29) is 17.0 Å². The van der Waals surface area contributed by atoms with Gasteiger partial charge in [-0.2, -0.15) is 0 Å². The lowest BCUT2D eigenvalue weighted by Crippen LogP contribution is -2.19. The maximum Gasteiger partial charge on any atom is 0.337 e. The Morgan fingerprint density at radius 1 is 0.935 bits per heavy atom. The van der Waals surface area contributed by atoms with Crippen LogP contribution >= 0.6 is 0 Å². The van der Waals surface area contributed by atoms with E-state index < -0.39 is 5.97 Å². The maximum atomic E-state index is 12.1. The van der Waals surface area contributed by atoms with Gasteiger partial charge in [0.05, 0.1) is 16.9 Å². The van der Waals surface area contributed by atoms with Crippen molar-refractivity contribution in [3.05, 3.63) is 81.9 Å². The molecule has 1 amide bonds. The molecule has 0 atom stereocenters. The molecule has 1 heterocycles. The van der Waals surface area contributed by atoms with E-state index in [1.807, 2.05) is 18.2 Å². The van der Waals surface area contributed by atoms with E-state index in [1.165, 1.54) is 29.8 Å². The van der Waals surface area contributed by atoms with Crippen LogP contribution < -0.4 is 15.4 Å². The van der Waals surface area contributed by atoms with E-state index in [9.17, 15) is 14.7 Å². The summed E-state index contributed by atoms with van der Waals surface area (Å²) in [6.45, 7) is 4.23. The molecule has 3 aromatic carbocycles. The molecule has 31 heavy (non-hydrogen) atoms. The molecular weight excluding hydrogens is 392 g/mol. The molecule has 0 saturated heterocycles. The molecule has 1 aliphatic rings. The summed E-state index contributed by atoms with van der Waals surface area (Å²) in [6.07, 6.45) is 1.76. The lowest BCUT2D eigenvalue weighted by Gasteiger charge is -2.24. The highest BCUT2D eigenvalue weighted by Crippen LogP contribution is 2.44. The topological polar surface area (TPSA) is 87.7 Å². The molecule has 0 aliphatic carbocycles. The molecule has 0 spiro atoms. The number of carboxylic acids is 1. The van der Waals surface area contributed by atoms with Gasteiger partial charge in [-0.25, -0.2) is 4.79 Å². The molecule has 6 heteroatoms. The van der Waals surface area contributed by atoms with Gasteiger partial charge >= 0.3 is 5.97 Å². The van der Waals surface area contributed by atoms with Crippen molar-refractivity contribution in [3.63, 3.8) is 0 Å². The largest absolute Gasteiger partial charge is 0.478 e. The first-order valence-electron chi connectivity index (χ1n) is 10.1. The van der Waals surface area contributed by atoms with E-state index in [2.05, 4.69) is 42.7 Å². The Morgan fingerprint density at radius 2 is 1.65 bits per heavy atom. The van der Waals surface area contributed by atoms with E-state index in [0.717, 1.165) is 18.4 Å². The number of fused-ring (bicyclic) bond motifs is 2. The van der Waals surface area contributed by atoms with Gasteiger partial charge < -0.3 is 20.5 Å². The second kappa shape index (κ2) is 8.14. The summed E-state index contributed by atoms with van der Waals surface area (Å²) in [5.41, 5.74) is 6.22. The van der Waals surface area contributed by atoms with Gasteiger partial charge in [0.1, 0.15) is 0 Å². The molecule has 0 radical (unpaired) electrons. The van der Waals surface area contributed by atoms with Crippen LogP contribution in [0, 0.1) is 13.8 Å². The molecular formula is C25H24N2O4. The molecule has 0 unspecified atom stereocenters. The number of ether oxygens (including phenoxy) is 1. The minimum absolute atomic E-state index is 0.0134. The smallest absolute Gasteiger partial charge is 0.337 e. The van der Waals surface area contributed by atoms with E-state index in [1.54, 1.807) is 6.07 Å². The molecule has 6 nitrogen and oxygen atoms in total. The second-order valence-corrected chi connectivity index (χ2v) is 7.76. The van der Waals surface area contributed by atoms with E-state index in [0.29, 0.717) is 22.9 Å². The summed E-state index contributed by atoms with van der Waals surface area (Å²) in [4.78, 5) is 23.8. The maximum absolute atomic E-state index is 12.1. The Hall–Kier alpha value is -3.80. The molecule has 4 rings (SSSR count). The highest BCUT2D eigenvalue weighted by atomic mass is 16.5. The fourth-order valence-electron chi connectivity index (χ4n) is 3.68. The van der Waals surface area contributed by atoms with Crippen LogP contribution in [-0.4, -0.2) is 24.0 Å². The first-order chi connectivity index (χ1) is 14.9. The lowest BCUT2D eigenvalue weighted by molar-refractivity contribution is 0.0697. The SMILES string of the molecule is CNC(=O)c1cc2c(c(C(=O)O)c1)Nc1ccc(CCc3ccc(C)c(C)c3)cc1O2. The van der Waals surface area contributed by atoms with Gasteiger partial charge in [0.25, 0.3) is 5.91 Å². The van der Waals surface area contributed by atoms with Gasteiger partial charge in [0.15, 0.2) is 11.5 Å². The number of nitrogens with one attached hydrogen (secondary N) is 2. The van der Waals surface area contributed by atoms with Crippen molar-refractivity contribution in [3.8, 4) is 11.5 Å². The van der Waals surface area contributed by atoms with Crippen molar-refractivity contribution in [2.24, 2.45) is 0 Å². The number of carboxylic acid groups (broad SMARTS) is 1. The highest BCUT2D eigenvalue weighted by molar-refractivity contribution is 6.03.